The number of rotatable bonds is 2. The minimum atomic E-state index is -0.407. The van der Waals surface area contributed by atoms with E-state index in [9.17, 15) is 4.79 Å². The molecule has 0 unspecified atom stereocenters. The number of anilines is 1. The van der Waals surface area contributed by atoms with Crippen molar-refractivity contribution in [2.45, 2.75) is 25.3 Å². The van der Waals surface area contributed by atoms with Crippen molar-refractivity contribution in [3.8, 4) is 11.5 Å². The van der Waals surface area contributed by atoms with E-state index in [4.69, 9.17) is 4.52 Å². The van der Waals surface area contributed by atoms with Crippen molar-refractivity contribution < 1.29 is 9.32 Å². The van der Waals surface area contributed by atoms with Crippen molar-refractivity contribution in [2.75, 3.05) is 31.1 Å². The quantitative estimate of drug-likeness (QED) is 0.828. The number of aryl methyl sites for hydroxylation is 1. The first kappa shape index (κ1) is 15.1. The van der Waals surface area contributed by atoms with Gasteiger partial charge in [-0.1, -0.05) is 5.16 Å². The molecule has 4 rings (SSSR count). The zero-order chi connectivity index (χ0) is 16.6. The van der Waals surface area contributed by atoms with Crippen molar-refractivity contribution in [2.24, 2.45) is 0 Å². The van der Waals surface area contributed by atoms with Crippen LogP contribution in [0.25, 0.3) is 11.5 Å². The predicted molar refractivity (Wildman–Crippen MR) is 87.5 cm³/mol. The molecule has 1 spiro atoms. The molecular weight excluding hydrogens is 308 g/mol. The minimum Gasteiger partial charge on any atom is -0.356 e. The first-order valence-corrected chi connectivity index (χ1v) is 8.21. The summed E-state index contributed by atoms with van der Waals surface area (Å²) in [6.45, 7) is 4.93. The largest absolute Gasteiger partial charge is 0.356 e. The van der Waals surface area contributed by atoms with Crippen LogP contribution in [-0.2, 0) is 4.79 Å². The van der Waals surface area contributed by atoms with Crippen LogP contribution in [0, 0.1) is 6.92 Å². The average molecular weight is 328 g/mol. The summed E-state index contributed by atoms with van der Waals surface area (Å²) < 4.78 is 5.16. The number of hydrogen-bond donors (Lipinski definition) is 2. The van der Waals surface area contributed by atoms with Crippen molar-refractivity contribution in [3.05, 3.63) is 24.2 Å². The normalized spacial score (nSPS) is 20.2. The lowest BCUT2D eigenvalue weighted by atomic mass is 9.85. The van der Waals surface area contributed by atoms with Gasteiger partial charge in [0.05, 0.1) is 5.56 Å². The summed E-state index contributed by atoms with van der Waals surface area (Å²) in [4.78, 5) is 23.1. The second-order valence-electron chi connectivity index (χ2n) is 6.30. The highest BCUT2D eigenvalue weighted by molar-refractivity contribution is 5.87. The Balaban J connectivity index is 1.45. The Labute approximate surface area is 139 Å². The Morgan fingerprint density at radius 3 is 2.71 bits per heavy atom. The van der Waals surface area contributed by atoms with E-state index in [0.717, 1.165) is 43.9 Å². The number of hydrogen-bond acceptors (Lipinski definition) is 7. The molecule has 4 heterocycles. The van der Waals surface area contributed by atoms with Crippen LogP contribution in [-0.4, -0.2) is 52.7 Å². The molecule has 2 aliphatic rings. The summed E-state index contributed by atoms with van der Waals surface area (Å²) in [6.07, 6.45) is 3.31. The van der Waals surface area contributed by atoms with Gasteiger partial charge in [-0.3, -0.25) is 4.79 Å². The van der Waals surface area contributed by atoms with E-state index in [-0.39, 0.29) is 5.91 Å². The molecule has 0 bridgehead atoms. The van der Waals surface area contributed by atoms with Crippen molar-refractivity contribution in [1.29, 1.82) is 0 Å². The van der Waals surface area contributed by atoms with Crippen molar-refractivity contribution in [3.63, 3.8) is 0 Å². The topological polar surface area (TPSA) is 96.2 Å². The summed E-state index contributed by atoms with van der Waals surface area (Å²) in [5.74, 6) is 2.12. The number of piperidine rings is 1. The zero-order valence-electron chi connectivity index (χ0n) is 13.6. The highest BCUT2D eigenvalue weighted by Crippen LogP contribution is 2.27. The van der Waals surface area contributed by atoms with Gasteiger partial charge in [-0.15, -0.1) is 0 Å². The van der Waals surface area contributed by atoms with E-state index < -0.39 is 5.54 Å². The summed E-state index contributed by atoms with van der Waals surface area (Å²) in [6, 6.07) is 3.90. The standard InChI is InChI=1S/C16H20N6O2/c1-11-20-14(24-21-11)12-2-3-13(18-10-12)22-8-4-16(5-9-22)15(23)17-6-7-19-16/h2-3,10,19H,4-9H2,1H3,(H,17,23). The first-order valence-electron chi connectivity index (χ1n) is 8.21. The number of carbonyl (C=O) groups excluding carboxylic acids is 1. The predicted octanol–water partition coefficient (Wildman–Crippen LogP) is 0.498. The van der Waals surface area contributed by atoms with E-state index in [1.807, 2.05) is 12.1 Å². The molecular formula is C16H20N6O2. The van der Waals surface area contributed by atoms with E-state index in [0.29, 0.717) is 18.3 Å². The Kier molecular flexibility index (Phi) is 3.68. The number of pyridine rings is 1. The summed E-state index contributed by atoms with van der Waals surface area (Å²) in [7, 11) is 0. The van der Waals surface area contributed by atoms with E-state index in [1.165, 1.54) is 0 Å². The second kappa shape index (κ2) is 5.86. The van der Waals surface area contributed by atoms with E-state index in [1.54, 1.807) is 13.1 Å². The Hall–Kier alpha value is -2.48. The first-order chi connectivity index (χ1) is 11.7. The summed E-state index contributed by atoms with van der Waals surface area (Å²) in [5.41, 5.74) is 0.400. The molecule has 2 aromatic heterocycles. The van der Waals surface area contributed by atoms with Crippen molar-refractivity contribution in [1.82, 2.24) is 25.8 Å². The lowest BCUT2D eigenvalue weighted by molar-refractivity contribution is -0.130. The SMILES string of the molecule is Cc1noc(-c2ccc(N3CCC4(CC3)NCCNC4=O)nc2)n1. The molecule has 0 aliphatic carbocycles. The molecule has 1 amide bonds. The van der Waals surface area contributed by atoms with Crippen LogP contribution in [0.15, 0.2) is 22.9 Å². The van der Waals surface area contributed by atoms with E-state index in [2.05, 4.69) is 30.7 Å². The Bertz CT molecular complexity index is 733. The third-order valence-electron chi connectivity index (χ3n) is 4.77. The molecule has 8 nitrogen and oxygen atoms in total. The Morgan fingerprint density at radius 2 is 2.08 bits per heavy atom. The lowest BCUT2D eigenvalue weighted by Crippen LogP contribution is -2.66. The van der Waals surface area contributed by atoms with Crippen LogP contribution >= 0.6 is 0 Å². The second-order valence-corrected chi connectivity index (χ2v) is 6.30. The molecule has 126 valence electrons. The third-order valence-corrected chi connectivity index (χ3v) is 4.77. The maximum absolute atomic E-state index is 12.2. The summed E-state index contributed by atoms with van der Waals surface area (Å²) >= 11 is 0. The fourth-order valence-corrected chi connectivity index (χ4v) is 3.36. The number of aromatic nitrogens is 3. The third kappa shape index (κ3) is 2.62. The van der Waals surface area contributed by atoms with Crippen molar-refractivity contribution >= 4 is 11.7 Å². The number of carbonyl (C=O) groups is 1. The monoisotopic (exact) mass is 328 g/mol. The fourth-order valence-electron chi connectivity index (χ4n) is 3.36. The van der Waals surface area contributed by atoms with Gasteiger partial charge >= 0.3 is 0 Å². The molecule has 8 heteroatoms. The van der Waals surface area contributed by atoms with Crippen LogP contribution in [0.1, 0.15) is 18.7 Å². The van der Waals surface area contributed by atoms with Crippen LogP contribution in [0.2, 0.25) is 0 Å². The van der Waals surface area contributed by atoms with Gasteiger partial charge in [-0.05, 0) is 31.9 Å². The van der Waals surface area contributed by atoms with Gasteiger partial charge in [0, 0.05) is 32.4 Å². The molecule has 2 N–H and O–H groups in total. The molecule has 2 aliphatic heterocycles. The van der Waals surface area contributed by atoms with Gasteiger partial charge in [0.15, 0.2) is 5.82 Å². The number of piperazine rings is 1. The Morgan fingerprint density at radius 1 is 1.25 bits per heavy atom. The van der Waals surface area contributed by atoms with Gasteiger partial charge in [-0.25, -0.2) is 4.98 Å². The molecule has 0 atom stereocenters. The molecule has 24 heavy (non-hydrogen) atoms. The highest BCUT2D eigenvalue weighted by atomic mass is 16.5. The van der Waals surface area contributed by atoms with Gasteiger partial charge in [0.25, 0.3) is 5.89 Å². The molecule has 0 saturated carbocycles. The molecule has 2 aromatic rings. The smallest absolute Gasteiger partial charge is 0.259 e. The van der Waals surface area contributed by atoms with Gasteiger partial charge in [0.1, 0.15) is 11.4 Å². The maximum Gasteiger partial charge on any atom is 0.259 e. The molecule has 0 aromatic carbocycles. The van der Waals surface area contributed by atoms with Gasteiger partial charge in [-0.2, -0.15) is 4.98 Å². The van der Waals surface area contributed by atoms with Crippen LogP contribution in [0.4, 0.5) is 5.82 Å². The zero-order valence-corrected chi connectivity index (χ0v) is 13.6. The van der Waals surface area contributed by atoms with Gasteiger partial charge in [0.2, 0.25) is 5.91 Å². The number of amides is 1. The number of nitrogens with one attached hydrogen (secondary N) is 2. The van der Waals surface area contributed by atoms with E-state index >= 15 is 0 Å². The van der Waals surface area contributed by atoms with Crippen LogP contribution < -0.4 is 15.5 Å². The highest BCUT2D eigenvalue weighted by Gasteiger charge is 2.42. The molecule has 2 saturated heterocycles. The molecule has 2 fully saturated rings. The van der Waals surface area contributed by atoms with Gasteiger partial charge < -0.3 is 20.1 Å². The minimum absolute atomic E-state index is 0.128. The maximum atomic E-state index is 12.2. The molecule has 0 radical (unpaired) electrons. The summed E-state index contributed by atoms with van der Waals surface area (Å²) in [5, 5.41) is 10.2. The lowest BCUT2D eigenvalue weighted by Gasteiger charge is -2.43. The fraction of sp³-hybridized carbons (Fsp3) is 0.500. The average Bonchev–Trinajstić information content (AvgIpc) is 3.05. The van der Waals surface area contributed by atoms with Crippen LogP contribution in [0.5, 0.6) is 0 Å². The number of nitrogens with zero attached hydrogens (tertiary/aromatic N) is 4. The van der Waals surface area contributed by atoms with Crippen LogP contribution in [0.3, 0.4) is 0 Å².